The first-order valence-corrected chi connectivity index (χ1v) is 10.2. The molecule has 0 bridgehead atoms. The van der Waals surface area contributed by atoms with Crippen LogP contribution in [0, 0.1) is 0 Å². The molecule has 0 aliphatic carbocycles. The maximum atomic E-state index is 13.3. The second kappa shape index (κ2) is 9.00. The number of amides is 1. The highest BCUT2D eigenvalue weighted by atomic mass is 16.3. The summed E-state index contributed by atoms with van der Waals surface area (Å²) in [5.74, 6) is 0.141. The summed E-state index contributed by atoms with van der Waals surface area (Å²) in [5.41, 5.74) is 8.19. The highest BCUT2D eigenvalue weighted by molar-refractivity contribution is 5.94. The first-order chi connectivity index (χ1) is 15.1. The average molecular weight is 423 g/mol. The van der Waals surface area contributed by atoms with Gasteiger partial charge in [0.05, 0.1) is 17.6 Å². The predicted octanol–water partition coefficient (Wildman–Crippen LogP) is 0.425. The van der Waals surface area contributed by atoms with E-state index in [1.54, 1.807) is 9.58 Å². The number of aliphatic hydroxyl groups is 1. The van der Waals surface area contributed by atoms with Crippen LogP contribution in [0.3, 0.4) is 0 Å². The molecule has 4 rings (SSSR count). The number of aromatic amines is 1. The molecule has 0 radical (unpaired) electrons. The minimum Gasteiger partial charge on any atom is -0.396 e. The number of carbonyl (C=O) groups excluding carboxylic acids is 1. The average Bonchev–Trinajstić information content (AvgIpc) is 3.22. The molecule has 3 heterocycles. The van der Waals surface area contributed by atoms with Crippen LogP contribution in [0.1, 0.15) is 22.5 Å². The van der Waals surface area contributed by atoms with Crippen molar-refractivity contribution in [3.63, 3.8) is 0 Å². The summed E-state index contributed by atoms with van der Waals surface area (Å²) in [6.45, 7) is 2.17. The van der Waals surface area contributed by atoms with Gasteiger partial charge in [0.2, 0.25) is 0 Å². The van der Waals surface area contributed by atoms with Crippen molar-refractivity contribution in [1.82, 2.24) is 24.6 Å². The van der Waals surface area contributed by atoms with E-state index in [9.17, 15) is 14.7 Å². The van der Waals surface area contributed by atoms with Crippen molar-refractivity contribution in [3.8, 4) is 5.69 Å². The molecule has 4 N–H and O–H groups in total. The normalized spacial score (nSPS) is 14.1. The number of nitrogens with two attached hydrogens (primary N) is 1. The number of carbonyl (C=O) groups is 1. The van der Waals surface area contributed by atoms with Crippen LogP contribution in [0.25, 0.3) is 5.69 Å². The van der Waals surface area contributed by atoms with Gasteiger partial charge in [0.15, 0.2) is 5.69 Å². The maximum absolute atomic E-state index is 13.3. The minimum absolute atomic E-state index is 0.0530. The fourth-order valence-corrected chi connectivity index (χ4v) is 3.71. The number of H-pyrrole nitrogens is 1. The monoisotopic (exact) mass is 423 g/mol. The molecule has 1 fully saturated rings. The Balaban J connectivity index is 1.51. The molecule has 162 valence electrons. The van der Waals surface area contributed by atoms with Gasteiger partial charge in [0.25, 0.3) is 5.91 Å². The standard InChI is InChI=1S/C21H25N7O3/c22-19-17(13-23-21(31)24-19)26-8-10-27(11-9-26)20(30)18-15(5-4-12-29)14-28(25-18)16-6-2-1-3-7-16/h1-3,6-7,13-14,29H,4-5,8-12H2,(H3,22,23,24,31). The maximum Gasteiger partial charge on any atom is 0.346 e. The van der Waals surface area contributed by atoms with E-state index in [0.717, 1.165) is 11.3 Å². The summed E-state index contributed by atoms with van der Waals surface area (Å²) >= 11 is 0. The number of piperazine rings is 1. The van der Waals surface area contributed by atoms with Crippen molar-refractivity contribution in [2.24, 2.45) is 0 Å². The first-order valence-electron chi connectivity index (χ1n) is 10.2. The fraction of sp³-hybridized carbons (Fsp3) is 0.333. The summed E-state index contributed by atoms with van der Waals surface area (Å²) in [5, 5.41) is 13.8. The van der Waals surface area contributed by atoms with Gasteiger partial charge in [0.1, 0.15) is 5.82 Å². The number of nitrogens with one attached hydrogen (secondary N) is 1. The van der Waals surface area contributed by atoms with Crippen molar-refractivity contribution in [2.75, 3.05) is 43.4 Å². The van der Waals surface area contributed by atoms with Gasteiger partial charge in [-0.15, -0.1) is 0 Å². The number of anilines is 2. The largest absolute Gasteiger partial charge is 0.396 e. The van der Waals surface area contributed by atoms with Crippen LogP contribution >= 0.6 is 0 Å². The van der Waals surface area contributed by atoms with Gasteiger partial charge in [-0.3, -0.25) is 9.78 Å². The van der Waals surface area contributed by atoms with Crippen LogP contribution in [-0.2, 0) is 6.42 Å². The molecule has 1 saturated heterocycles. The Morgan fingerprint density at radius 3 is 2.58 bits per heavy atom. The number of nitrogens with zero attached hydrogens (tertiary/aromatic N) is 5. The molecule has 1 aliphatic rings. The van der Waals surface area contributed by atoms with Gasteiger partial charge in [-0.1, -0.05) is 18.2 Å². The van der Waals surface area contributed by atoms with Crippen LogP contribution < -0.4 is 16.3 Å². The predicted molar refractivity (Wildman–Crippen MR) is 116 cm³/mol. The molecule has 3 aromatic rings. The summed E-state index contributed by atoms with van der Waals surface area (Å²) in [6.07, 6.45) is 4.46. The Morgan fingerprint density at radius 2 is 1.90 bits per heavy atom. The van der Waals surface area contributed by atoms with Crippen molar-refractivity contribution in [1.29, 1.82) is 0 Å². The summed E-state index contributed by atoms with van der Waals surface area (Å²) < 4.78 is 1.71. The second-order valence-corrected chi connectivity index (χ2v) is 7.38. The number of hydrogen-bond donors (Lipinski definition) is 3. The van der Waals surface area contributed by atoms with Gasteiger partial charge >= 0.3 is 5.69 Å². The molecule has 0 spiro atoms. The van der Waals surface area contributed by atoms with E-state index >= 15 is 0 Å². The lowest BCUT2D eigenvalue weighted by Gasteiger charge is -2.36. The third-order valence-electron chi connectivity index (χ3n) is 5.35. The quantitative estimate of drug-likeness (QED) is 0.523. The molecule has 10 heteroatoms. The number of benzene rings is 1. The Hall–Kier alpha value is -3.66. The SMILES string of the molecule is Nc1[nH]c(=O)ncc1N1CCN(C(=O)c2nn(-c3ccccc3)cc2CCCO)CC1. The Morgan fingerprint density at radius 1 is 1.16 bits per heavy atom. The van der Waals surface area contributed by atoms with Gasteiger partial charge in [-0.25, -0.2) is 9.48 Å². The van der Waals surface area contributed by atoms with E-state index in [1.165, 1.54) is 6.20 Å². The van der Waals surface area contributed by atoms with E-state index in [-0.39, 0.29) is 18.3 Å². The van der Waals surface area contributed by atoms with Crippen molar-refractivity contribution >= 4 is 17.4 Å². The van der Waals surface area contributed by atoms with Crippen molar-refractivity contribution in [2.45, 2.75) is 12.8 Å². The van der Waals surface area contributed by atoms with Gasteiger partial charge in [-0.05, 0) is 25.0 Å². The number of rotatable bonds is 6. The molecule has 0 unspecified atom stereocenters. The topological polar surface area (TPSA) is 133 Å². The number of aryl methyl sites for hydroxylation is 1. The third kappa shape index (κ3) is 4.43. The fourth-order valence-electron chi connectivity index (χ4n) is 3.71. The number of nitrogen functional groups attached to an aromatic ring is 1. The van der Waals surface area contributed by atoms with Gasteiger partial charge in [-0.2, -0.15) is 10.1 Å². The molecule has 10 nitrogen and oxygen atoms in total. The van der Waals surface area contributed by atoms with Crippen LogP contribution in [-0.4, -0.2) is 68.4 Å². The second-order valence-electron chi connectivity index (χ2n) is 7.38. The van der Waals surface area contributed by atoms with Crippen LogP contribution in [0.4, 0.5) is 11.5 Å². The third-order valence-corrected chi connectivity index (χ3v) is 5.35. The molecule has 0 atom stereocenters. The van der Waals surface area contributed by atoms with Crippen molar-refractivity contribution in [3.05, 3.63) is 64.5 Å². The lowest BCUT2D eigenvalue weighted by molar-refractivity contribution is 0.0739. The van der Waals surface area contributed by atoms with Gasteiger partial charge < -0.3 is 20.6 Å². The highest BCUT2D eigenvalue weighted by Crippen LogP contribution is 2.21. The number of hydrogen-bond acceptors (Lipinski definition) is 7. The first kappa shape index (κ1) is 20.6. The number of aliphatic hydroxyl groups excluding tert-OH is 1. The zero-order valence-electron chi connectivity index (χ0n) is 17.1. The molecule has 1 amide bonds. The highest BCUT2D eigenvalue weighted by Gasteiger charge is 2.27. The lowest BCUT2D eigenvalue weighted by atomic mass is 10.1. The zero-order valence-corrected chi connectivity index (χ0v) is 17.1. The van der Waals surface area contributed by atoms with Gasteiger partial charge in [0, 0.05) is 44.5 Å². The molecule has 1 aliphatic heterocycles. The molecule has 1 aromatic carbocycles. The molecule has 31 heavy (non-hydrogen) atoms. The Labute approximate surface area is 178 Å². The van der Waals surface area contributed by atoms with Crippen molar-refractivity contribution < 1.29 is 9.90 Å². The Bertz CT molecular complexity index is 1100. The van der Waals surface area contributed by atoms with Crippen LogP contribution in [0.2, 0.25) is 0 Å². The molecule has 2 aromatic heterocycles. The minimum atomic E-state index is -0.487. The lowest BCUT2D eigenvalue weighted by Crippen LogP contribution is -2.49. The summed E-state index contributed by atoms with van der Waals surface area (Å²) in [4.78, 5) is 34.6. The van der Waals surface area contributed by atoms with Crippen LogP contribution in [0.15, 0.2) is 47.5 Å². The number of aromatic nitrogens is 4. The van der Waals surface area contributed by atoms with Crippen LogP contribution in [0.5, 0.6) is 0 Å². The van der Waals surface area contributed by atoms with E-state index in [2.05, 4.69) is 15.1 Å². The Kier molecular flexibility index (Phi) is 5.99. The summed E-state index contributed by atoms with van der Waals surface area (Å²) in [6, 6.07) is 9.62. The molecular weight excluding hydrogens is 398 g/mol. The van der Waals surface area contributed by atoms with E-state index in [1.807, 2.05) is 41.4 Å². The summed E-state index contributed by atoms with van der Waals surface area (Å²) in [7, 11) is 0. The zero-order chi connectivity index (χ0) is 21.8. The smallest absolute Gasteiger partial charge is 0.346 e. The molecular formula is C21H25N7O3. The number of para-hydroxylation sites is 1. The van der Waals surface area contributed by atoms with E-state index in [0.29, 0.717) is 50.4 Å². The molecule has 0 saturated carbocycles. The van der Waals surface area contributed by atoms with E-state index < -0.39 is 5.69 Å². The van der Waals surface area contributed by atoms with E-state index in [4.69, 9.17) is 5.73 Å².